The van der Waals surface area contributed by atoms with Crippen molar-refractivity contribution >= 4 is 11.7 Å². The van der Waals surface area contributed by atoms with E-state index in [2.05, 4.69) is 15.7 Å². The van der Waals surface area contributed by atoms with Gasteiger partial charge in [-0.2, -0.15) is 5.10 Å². The Morgan fingerprint density at radius 1 is 1.40 bits per heavy atom. The Labute approximate surface area is 147 Å². The number of hydrogen-bond donors (Lipinski definition) is 2. The van der Waals surface area contributed by atoms with Crippen LogP contribution in [0.25, 0.3) is 0 Å². The quantitative estimate of drug-likeness (QED) is 0.810. The van der Waals surface area contributed by atoms with Crippen molar-refractivity contribution < 1.29 is 14.3 Å². The maximum absolute atomic E-state index is 11.9. The molecule has 0 aliphatic carbocycles. The van der Waals surface area contributed by atoms with Gasteiger partial charge in [-0.05, 0) is 37.5 Å². The molecule has 1 aliphatic rings. The minimum absolute atomic E-state index is 0.210. The molecule has 0 unspecified atom stereocenters. The predicted molar refractivity (Wildman–Crippen MR) is 94.7 cm³/mol. The monoisotopic (exact) mass is 344 g/mol. The minimum Gasteiger partial charge on any atom is -0.491 e. The van der Waals surface area contributed by atoms with Crippen LogP contribution in [0.5, 0.6) is 5.75 Å². The summed E-state index contributed by atoms with van der Waals surface area (Å²) in [6, 6.07) is 7.46. The van der Waals surface area contributed by atoms with E-state index in [1.54, 1.807) is 17.1 Å². The number of ether oxygens (including phenoxy) is 2. The predicted octanol–water partition coefficient (Wildman–Crippen LogP) is 2.78. The molecule has 2 N–H and O–H groups in total. The first-order valence-corrected chi connectivity index (χ1v) is 8.63. The smallest absolute Gasteiger partial charge is 0.319 e. The number of benzene rings is 1. The zero-order valence-electron chi connectivity index (χ0n) is 14.4. The van der Waals surface area contributed by atoms with Crippen molar-refractivity contribution in [1.29, 1.82) is 0 Å². The molecule has 25 heavy (non-hydrogen) atoms. The lowest BCUT2D eigenvalue weighted by molar-refractivity contribution is 0.0679. The molecule has 0 radical (unpaired) electrons. The van der Waals surface area contributed by atoms with E-state index >= 15 is 0 Å². The van der Waals surface area contributed by atoms with Gasteiger partial charge < -0.3 is 20.1 Å². The molecule has 7 heteroatoms. The Balaban J connectivity index is 1.40. The van der Waals surface area contributed by atoms with Crippen LogP contribution >= 0.6 is 0 Å². The van der Waals surface area contributed by atoms with Crippen molar-refractivity contribution in [2.45, 2.75) is 39.0 Å². The Hall–Kier alpha value is -2.54. The van der Waals surface area contributed by atoms with Crippen LogP contribution in [0.1, 0.15) is 25.3 Å². The van der Waals surface area contributed by atoms with Crippen molar-refractivity contribution in [2.75, 3.05) is 18.5 Å². The Bertz CT molecular complexity index is 678. The number of rotatable bonds is 7. The number of nitrogens with zero attached hydrogens (tertiary/aromatic N) is 2. The first kappa shape index (κ1) is 17.3. The Morgan fingerprint density at radius 2 is 2.24 bits per heavy atom. The van der Waals surface area contributed by atoms with Crippen LogP contribution in [-0.4, -0.2) is 35.1 Å². The summed E-state index contributed by atoms with van der Waals surface area (Å²) in [5.41, 5.74) is 1.68. The van der Waals surface area contributed by atoms with E-state index in [1.807, 2.05) is 31.2 Å². The molecule has 0 bridgehead atoms. The van der Waals surface area contributed by atoms with Gasteiger partial charge in [0.1, 0.15) is 12.4 Å². The van der Waals surface area contributed by atoms with Crippen molar-refractivity contribution in [2.24, 2.45) is 0 Å². The number of urea groups is 1. The van der Waals surface area contributed by atoms with Crippen LogP contribution in [-0.2, 0) is 17.8 Å². The van der Waals surface area contributed by atoms with Gasteiger partial charge in [-0.15, -0.1) is 0 Å². The number of anilines is 1. The Kier molecular flexibility index (Phi) is 5.90. The van der Waals surface area contributed by atoms with Crippen molar-refractivity contribution in [1.82, 2.24) is 15.1 Å². The van der Waals surface area contributed by atoms with E-state index in [0.29, 0.717) is 18.8 Å². The number of amides is 2. The van der Waals surface area contributed by atoms with E-state index in [9.17, 15) is 4.79 Å². The molecule has 1 atom stereocenters. The molecule has 2 amide bonds. The van der Waals surface area contributed by atoms with Crippen LogP contribution in [0.2, 0.25) is 0 Å². The van der Waals surface area contributed by atoms with E-state index in [1.165, 1.54) is 0 Å². The topological polar surface area (TPSA) is 77.4 Å². The Morgan fingerprint density at radius 3 is 2.92 bits per heavy atom. The molecule has 1 aliphatic heterocycles. The second-order valence-electron chi connectivity index (χ2n) is 5.98. The summed E-state index contributed by atoms with van der Waals surface area (Å²) in [5, 5.41) is 9.69. The molecule has 2 heterocycles. The van der Waals surface area contributed by atoms with E-state index in [0.717, 1.165) is 37.3 Å². The van der Waals surface area contributed by atoms with Crippen LogP contribution in [0.4, 0.5) is 10.5 Å². The maximum atomic E-state index is 11.9. The highest BCUT2D eigenvalue weighted by atomic mass is 16.5. The number of carbonyl (C=O) groups is 1. The van der Waals surface area contributed by atoms with Gasteiger partial charge in [-0.3, -0.25) is 4.68 Å². The first-order chi connectivity index (χ1) is 12.2. The maximum Gasteiger partial charge on any atom is 0.319 e. The molecule has 1 aromatic heterocycles. The minimum atomic E-state index is -0.255. The third-order valence-electron chi connectivity index (χ3n) is 4.05. The molecule has 1 aromatic carbocycles. The molecule has 3 rings (SSSR count). The standard InChI is InChI=1S/C18H24N4O3/c1-2-22-12-15(11-20-22)21-18(23)19-10-14-5-7-16(8-6-14)25-13-17-4-3-9-24-17/h5-8,11-12,17H,2-4,9-10,13H2,1H3,(H2,19,21,23)/t17-/m0/s1. The zero-order chi connectivity index (χ0) is 17.5. The summed E-state index contributed by atoms with van der Waals surface area (Å²) in [6.07, 6.45) is 5.80. The average Bonchev–Trinajstić information content (AvgIpc) is 3.30. The van der Waals surface area contributed by atoms with Crippen LogP contribution in [0.3, 0.4) is 0 Å². The highest BCUT2D eigenvalue weighted by Gasteiger charge is 2.15. The van der Waals surface area contributed by atoms with E-state index in [4.69, 9.17) is 9.47 Å². The molecular weight excluding hydrogens is 320 g/mol. The molecule has 0 saturated carbocycles. The van der Waals surface area contributed by atoms with Gasteiger partial charge in [0, 0.05) is 25.9 Å². The fraction of sp³-hybridized carbons (Fsp3) is 0.444. The third-order valence-corrected chi connectivity index (χ3v) is 4.05. The molecule has 0 spiro atoms. The molecule has 1 saturated heterocycles. The van der Waals surface area contributed by atoms with Gasteiger partial charge in [-0.1, -0.05) is 12.1 Å². The molecule has 7 nitrogen and oxygen atoms in total. The SMILES string of the molecule is CCn1cc(NC(=O)NCc2ccc(OC[C@@H]3CCCO3)cc2)cn1. The van der Waals surface area contributed by atoms with Gasteiger partial charge in [0.05, 0.1) is 18.0 Å². The molecule has 2 aromatic rings. The van der Waals surface area contributed by atoms with Crippen molar-refractivity contribution in [3.05, 3.63) is 42.2 Å². The largest absolute Gasteiger partial charge is 0.491 e. The highest BCUT2D eigenvalue weighted by molar-refractivity contribution is 5.88. The summed E-state index contributed by atoms with van der Waals surface area (Å²) in [4.78, 5) is 11.9. The summed E-state index contributed by atoms with van der Waals surface area (Å²) < 4.78 is 13.0. The van der Waals surface area contributed by atoms with Crippen LogP contribution in [0.15, 0.2) is 36.7 Å². The van der Waals surface area contributed by atoms with Crippen molar-refractivity contribution in [3.63, 3.8) is 0 Å². The zero-order valence-corrected chi connectivity index (χ0v) is 14.4. The number of hydrogen-bond acceptors (Lipinski definition) is 4. The first-order valence-electron chi connectivity index (χ1n) is 8.63. The third kappa shape index (κ3) is 5.22. The van der Waals surface area contributed by atoms with Gasteiger partial charge >= 0.3 is 6.03 Å². The fourth-order valence-electron chi connectivity index (χ4n) is 2.63. The van der Waals surface area contributed by atoms with E-state index in [-0.39, 0.29) is 12.1 Å². The van der Waals surface area contributed by atoms with Crippen molar-refractivity contribution in [3.8, 4) is 5.75 Å². The van der Waals surface area contributed by atoms with Gasteiger partial charge in [0.2, 0.25) is 0 Å². The lowest BCUT2D eigenvalue weighted by Gasteiger charge is -2.12. The second kappa shape index (κ2) is 8.53. The number of aromatic nitrogens is 2. The number of aryl methyl sites for hydroxylation is 1. The average molecular weight is 344 g/mol. The van der Waals surface area contributed by atoms with Gasteiger partial charge in [0.25, 0.3) is 0 Å². The molecular formula is C18H24N4O3. The van der Waals surface area contributed by atoms with Gasteiger partial charge in [0.15, 0.2) is 0 Å². The lowest BCUT2D eigenvalue weighted by atomic mass is 10.2. The van der Waals surface area contributed by atoms with Crippen LogP contribution in [0, 0.1) is 0 Å². The van der Waals surface area contributed by atoms with Crippen LogP contribution < -0.4 is 15.4 Å². The molecule has 1 fully saturated rings. The van der Waals surface area contributed by atoms with E-state index < -0.39 is 0 Å². The highest BCUT2D eigenvalue weighted by Crippen LogP contribution is 2.16. The second-order valence-corrected chi connectivity index (χ2v) is 5.98. The molecule has 134 valence electrons. The fourth-order valence-corrected chi connectivity index (χ4v) is 2.63. The summed E-state index contributed by atoms with van der Waals surface area (Å²) >= 11 is 0. The normalized spacial score (nSPS) is 16.6. The van der Waals surface area contributed by atoms with Gasteiger partial charge in [-0.25, -0.2) is 4.79 Å². The summed E-state index contributed by atoms with van der Waals surface area (Å²) in [6.45, 7) is 4.63. The number of carbonyl (C=O) groups excluding carboxylic acids is 1. The summed E-state index contributed by atoms with van der Waals surface area (Å²) in [7, 11) is 0. The number of nitrogens with one attached hydrogen (secondary N) is 2. The lowest BCUT2D eigenvalue weighted by Crippen LogP contribution is -2.28. The summed E-state index contributed by atoms with van der Waals surface area (Å²) in [5.74, 6) is 0.815.